The van der Waals surface area contributed by atoms with Gasteiger partial charge in [-0.1, -0.05) is 0 Å². The molecule has 94 valence electrons. The van der Waals surface area contributed by atoms with E-state index in [4.69, 9.17) is 0 Å². The van der Waals surface area contributed by atoms with Crippen LogP contribution in [0.3, 0.4) is 0 Å². The molecule has 17 heavy (non-hydrogen) atoms. The van der Waals surface area contributed by atoms with Crippen molar-refractivity contribution in [1.82, 2.24) is 4.90 Å². The van der Waals surface area contributed by atoms with Gasteiger partial charge in [-0.25, -0.2) is 0 Å². The number of nitrogens with zero attached hydrogens (tertiary/aromatic N) is 1. The minimum absolute atomic E-state index is 0.0131. The van der Waals surface area contributed by atoms with Crippen LogP contribution in [0.4, 0.5) is 13.2 Å². The van der Waals surface area contributed by atoms with Gasteiger partial charge in [0, 0.05) is 20.0 Å². The molecule has 0 N–H and O–H groups in total. The number of alkyl halides is 3. The standard InChI is InChI=1S/C11H12F3NO2/c1-15-5-4-10(9(15)17)3-2-7(16)6-8(10)11(12,13)14/h6H,2-5H2,1H3. The summed E-state index contributed by atoms with van der Waals surface area (Å²) in [7, 11) is 1.49. The first kappa shape index (κ1) is 12.1. The largest absolute Gasteiger partial charge is 0.413 e. The van der Waals surface area contributed by atoms with E-state index in [0.717, 1.165) is 0 Å². The van der Waals surface area contributed by atoms with Crippen LogP contribution < -0.4 is 0 Å². The van der Waals surface area contributed by atoms with E-state index in [1.54, 1.807) is 0 Å². The summed E-state index contributed by atoms with van der Waals surface area (Å²) in [6, 6.07) is 0. The van der Waals surface area contributed by atoms with E-state index in [-0.39, 0.29) is 19.3 Å². The van der Waals surface area contributed by atoms with E-state index in [1.165, 1.54) is 11.9 Å². The number of ketones is 1. The number of rotatable bonds is 0. The number of amides is 1. The molecule has 0 radical (unpaired) electrons. The minimum Gasteiger partial charge on any atom is -0.345 e. The summed E-state index contributed by atoms with van der Waals surface area (Å²) >= 11 is 0. The van der Waals surface area contributed by atoms with Crippen LogP contribution in [0, 0.1) is 5.41 Å². The molecule has 3 nitrogen and oxygen atoms in total. The zero-order valence-corrected chi connectivity index (χ0v) is 9.30. The van der Waals surface area contributed by atoms with Crippen molar-refractivity contribution in [3.05, 3.63) is 11.6 Å². The van der Waals surface area contributed by atoms with Gasteiger partial charge in [-0.15, -0.1) is 0 Å². The van der Waals surface area contributed by atoms with Gasteiger partial charge in [-0.05, 0) is 18.9 Å². The summed E-state index contributed by atoms with van der Waals surface area (Å²) in [5.41, 5.74) is -2.48. The maximum Gasteiger partial charge on any atom is 0.413 e. The lowest BCUT2D eigenvalue weighted by Crippen LogP contribution is -2.41. The van der Waals surface area contributed by atoms with Crippen LogP contribution in [0.25, 0.3) is 0 Å². The first-order valence-electron chi connectivity index (χ1n) is 5.35. The Kier molecular flexibility index (Phi) is 2.56. The average molecular weight is 247 g/mol. The summed E-state index contributed by atoms with van der Waals surface area (Å²) in [5, 5.41) is 0. The van der Waals surface area contributed by atoms with Crippen molar-refractivity contribution in [2.75, 3.05) is 13.6 Å². The number of likely N-dealkylation sites (tertiary alicyclic amines) is 1. The maximum absolute atomic E-state index is 12.9. The van der Waals surface area contributed by atoms with Crippen LogP contribution in [0.15, 0.2) is 11.6 Å². The second kappa shape index (κ2) is 3.58. The summed E-state index contributed by atoms with van der Waals surface area (Å²) in [5.74, 6) is -1.07. The van der Waals surface area contributed by atoms with Gasteiger partial charge in [-0.3, -0.25) is 9.59 Å². The van der Waals surface area contributed by atoms with Gasteiger partial charge in [-0.2, -0.15) is 13.2 Å². The lowest BCUT2D eigenvalue weighted by atomic mass is 9.70. The first-order valence-corrected chi connectivity index (χ1v) is 5.35. The highest BCUT2D eigenvalue weighted by Gasteiger charge is 2.57. The number of carbonyl (C=O) groups is 2. The molecule has 1 atom stereocenters. The molecule has 1 saturated heterocycles. The topological polar surface area (TPSA) is 37.4 Å². The molecule has 6 heteroatoms. The Morgan fingerprint density at radius 1 is 1.29 bits per heavy atom. The Morgan fingerprint density at radius 3 is 2.41 bits per heavy atom. The Hall–Kier alpha value is -1.33. The quantitative estimate of drug-likeness (QED) is 0.653. The Labute approximate surface area is 96.3 Å². The Balaban J connectivity index is 2.50. The molecule has 0 aromatic carbocycles. The normalized spacial score (nSPS) is 30.1. The predicted octanol–water partition coefficient (Wildman–Crippen LogP) is 1.69. The second-order valence-corrected chi connectivity index (χ2v) is 4.58. The zero-order valence-electron chi connectivity index (χ0n) is 9.30. The lowest BCUT2D eigenvalue weighted by molar-refractivity contribution is -0.144. The molecular formula is C11H12F3NO2. The van der Waals surface area contributed by atoms with Gasteiger partial charge in [0.2, 0.25) is 5.91 Å². The van der Waals surface area contributed by atoms with Gasteiger partial charge < -0.3 is 4.90 Å². The van der Waals surface area contributed by atoms with Crippen LogP contribution in [-0.4, -0.2) is 36.4 Å². The molecule has 0 saturated carbocycles. The summed E-state index contributed by atoms with van der Waals surface area (Å²) in [6.45, 7) is 0.306. The molecule has 1 fully saturated rings. The van der Waals surface area contributed by atoms with Crippen LogP contribution in [0.5, 0.6) is 0 Å². The van der Waals surface area contributed by atoms with Crippen molar-refractivity contribution >= 4 is 11.7 Å². The molecule has 1 unspecified atom stereocenters. The van der Waals surface area contributed by atoms with E-state index >= 15 is 0 Å². The molecule has 0 aromatic heterocycles. The fraction of sp³-hybridized carbons (Fsp3) is 0.636. The SMILES string of the molecule is CN1CCC2(CCC(=O)C=C2C(F)(F)F)C1=O. The van der Waals surface area contributed by atoms with Crippen molar-refractivity contribution in [3.63, 3.8) is 0 Å². The van der Waals surface area contributed by atoms with Crippen LogP contribution in [0.1, 0.15) is 19.3 Å². The van der Waals surface area contributed by atoms with Crippen molar-refractivity contribution in [2.45, 2.75) is 25.4 Å². The van der Waals surface area contributed by atoms with Crippen molar-refractivity contribution in [2.24, 2.45) is 5.41 Å². The first-order chi connectivity index (χ1) is 7.77. The van der Waals surface area contributed by atoms with E-state index in [0.29, 0.717) is 12.6 Å². The summed E-state index contributed by atoms with van der Waals surface area (Å²) in [4.78, 5) is 24.4. The van der Waals surface area contributed by atoms with Crippen LogP contribution >= 0.6 is 0 Å². The molecule has 1 amide bonds. The van der Waals surface area contributed by atoms with Gasteiger partial charge >= 0.3 is 6.18 Å². The third-order valence-corrected chi connectivity index (χ3v) is 3.55. The number of halogens is 3. The van der Waals surface area contributed by atoms with Gasteiger partial charge in [0.05, 0.1) is 11.0 Å². The van der Waals surface area contributed by atoms with Gasteiger partial charge in [0.1, 0.15) is 0 Å². The molecule has 1 aliphatic carbocycles. The third kappa shape index (κ3) is 1.75. The number of hydrogen-bond donors (Lipinski definition) is 0. The van der Waals surface area contributed by atoms with E-state index in [2.05, 4.69) is 0 Å². The van der Waals surface area contributed by atoms with E-state index < -0.39 is 28.9 Å². The molecule has 1 aliphatic heterocycles. The predicted molar refractivity (Wildman–Crippen MR) is 53.1 cm³/mol. The van der Waals surface area contributed by atoms with Gasteiger partial charge in [0.25, 0.3) is 0 Å². The smallest absolute Gasteiger partial charge is 0.345 e. The zero-order chi connectivity index (χ0) is 12.8. The molecule has 1 spiro atoms. The highest BCUT2D eigenvalue weighted by atomic mass is 19.4. The lowest BCUT2D eigenvalue weighted by Gasteiger charge is -2.33. The number of carbonyl (C=O) groups excluding carboxylic acids is 2. The maximum atomic E-state index is 12.9. The van der Waals surface area contributed by atoms with Crippen LogP contribution in [0.2, 0.25) is 0 Å². The average Bonchev–Trinajstić information content (AvgIpc) is 2.50. The molecule has 2 rings (SSSR count). The molecule has 2 aliphatic rings. The fourth-order valence-electron chi connectivity index (χ4n) is 2.61. The number of allylic oxidation sites excluding steroid dienone is 1. The Morgan fingerprint density at radius 2 is 1.94 bits per heavy atom. The fourth-order valence-corrected chi connectivity index (χ4v) is 2.61. The summed E-state index contributed by atoms with van der Waals surface area (Å²) < 4.78 is 38.8. The van der Waals surface area contributed by atoms with E-state index in [1.807, 2.05) is 0 Å². The molecular weight excluding hydrogens is 235 g/mol. The van der Waals surface area contributed by atoms with Crippen molar-refractivity contribution in [3.8, 4) is 0 Å². The molecule has 0 aromatic rings. The molecule has 1 heterocycles. The van der Waals surface area contributed by atoms with Crippen LogP contribution in [-0.2, 0) is 9.59 Å². The Bertz CT molecular complexity index is 413. The van der Waals surface area contributed by atoms with Crippen molar-refractivity contribution in [1.29, 1.82) is 0 Å². The monoisotopic (exact) mass is 247 g/mol. The van der Waals surface area contributed by atoms with E-state index in [9.17, 15) is 22.8 Å². The number of hydrogen-bond acceptors (Lipinski definition) is 2. The second-order valence-electron chi connectivity index (χ2n) is 4.58. The highest BCUT2D eigenvalue weighted by molar-refractivity contribution is 5.97. The van der Waals surface area contributed by atoms with Gasteiger partial charge in [0.15, 0.2) is 5.78 Å². The highest BCUT2D eigenvalue weighted by Crippen LogP contribution is 2.50. The third-order valence-electron chi connectivity index (χ3n) is 3.55. The van der Waals surface area contributed by atoms with Crippen molar-refractivity contribution < 1.29 is 22.8 Å². The minimum atomic E-state index is -4.61. The summed E-state index contributed by atoms with van der Waals surface area (Å²) in [6.07, 6.45) is -3.88. The molecule has 0 bridgehead atoms.